The van der Waals surface area contributed by atoms with Gasteiger partial charge in [0.15, 0.2) is 0 Å². The molecule has 1 atom stereocenters. The first-order valence-corrected chi connectivity index (χ1v) is 9.95. The first-order chi connectivity index (χ1) is 8.59. The van der Waals surface area contributed by atoms with Crippen molar-refractivity contribution >= 4 is 14.0 Å². The average Bonchev–Trinajstić information content (AvgIpc) is 2.36. The van der Waals surface area contributed by atoms with Crippen LogP contribution >= 0.6 is 0 Å². The minimum atomic E-state index is -2.11. The van der Waals surface area contributed by atoms with Gasteiger partial charge in [-0.15, -0.1) is 0 Å². The van der Waals surface area contributed by atoms with E-state index in [1.165, 1.54) is 7.11 Å². The summed E-state index contributed by atoms with van der Waals surface area (Å²) in [6.07, 6.45) is 0. The van der Waals surface area contributed by atoms with Crippen LogP contribution in [0.1, 0.15) is 19.4 Å². The van der Waals surface area contributed by atoms with Crippen LogP contribution in [0.25, 0.3) is 0 Å². The fourth-order valence-corrected chi connectivity index (χ4v) is 5.82. The Bertz CT molecular complexity index is 448. The van der Waals surface area contributed by atoms with Gasteiger partial charge >= 0.3 is 5.97 Å². The molecule has 0 radical (unpaired) electrons. The van der Waals surface area contributed by atoms with Crippen LogP contribution in [-0.2, 0) is 14.8 Å². The number of esters is 1. The molecule has 1 unspecified atom stereocenters. The van der Waals surface area contributed by atoms with Gasteiger partial charge in [-0.3, -0.25) is 4.79 Å². The van der Waals surface area contributed by atoms with Crippen LogP contribution < -0.4 is 0 Å². The summed E-state index contributed by atoms with van der Waals surface area (Å²) in [6, 6.07) is 9.42. The van der Waals surface area contributed by atoms with E-state index in [1.807, 2.05) is 30.3 Å². The summed E-state index contributed by atoms with van der Waals surface area (Å²) >= 11 is 0. The monoisotopic (exact) mass is 280 g/mol. The van der Waals surface area contributed by atoms with E-state index in [2.05, 4.69) is 19.6 Å². The molecule has 0 saturated carbocycles. The summed E-state index contributed by atoms with van der Waals surface area (Å²) < 4.78 is 4.90. The molecule has 0 aliphatic rings. The third kappa shape index (κ3) is 2.47. The average molecular weight is 280 g/mol. The van der Waals surface area contributed by atoms with Gasteiger partial charge in [0.1, 0.15) is 0 Å². The molecular weight excluding hydrogens is 256 g/mol. The number of rotatable bonds is 4. The van der Waals surface area contributed by atoms with E-state index in [1.54, 1.807) is 13.8 Å². The molecule has 1 rings (SSSR count). The molecule has 106 valence electrons. The Morgan fingerprint density at radius 3 is 2.00 bits per heavy atom. The van der Waals surface area contributed by atoms with Gasteiger partial charge in [-0.2, -0.15) is 0 Å². The number of carbonyl (C=O) groups excluding carboxylic acids is 1. The number of ether oxygens (including phenoxy) is 1. The van der Waals surface area contributed by atoms with Crippen molar-refractivity contribution in [2.45, 2.75) is 38.7 Å². The molecule has 1 N–H and O–H groups in total. The summed E-state index contributed by atoms with van der Waals surface area (Å²) in [7, 11) is -0.751. The first-order valence-electron chi connectivity index (χ1n) is 6.45. The summed E-state index contributed by atoms with van der Waals surface area (Å²) in [5.41, 5.74) is -0.210. The largest absolute Gasteiger partial charge is 0.469 e. The van der Waals surface area contributed by atoms with Gasteiger partial charge in [-0.05, 0) is 19.4 Å². The van der Waals surface area contributed by atoms with Gasteiger partial charge < -0.3 is 9.84 Å². The van der Waals surface area contributed by atoms with Crippen molar-refractivity contribution in [2.75, 3.05) is 7.11 Å². The lowest BCUT2D eigenvalue weighted by Crippen LogP contribution is -2.61. The number of hydrogen-bond acceptors (Lipinski definition) is 3. The van der Waals surface area contributed by atoms with E-state index in [9.17, 15) is 9.90 Å². The van der Waals surface area contributed by atoms with E-state index in [0.717, 1.165) is 5.56 Å². The predicted molar refractivity (Wildman–Crippen MR) is 79.5 cm³/mol. The number of benzene rings is 1. The fraction of sp³-hybridized carbons (Fsp3) is 0.533. The second-order valence-corrected chi connectivity index (χ2v) is 11.7. The Morgan fingerprint density at radius 1 is 1.16 bits per heavy atom. The Balaban J connectivity index is 3.51. The second-order valence-electron chi connectivity index (χ2n) is 6.44. The Hall–Kier alpha value is -1.13. The first kappa shape index (κ1) is 15.9. The van der Waals surface area contributed by atoms with Gasteiger partial charge in [-0.25, -0.2) is 0 Å². The third-order valence-electron chi connectivity index (χ3n) is 3.88. The minimum Gasteiger partial charge on any atom is -0.469 e. The number of carbonyl (C=O) groups is 1. The maximum Gasteiger partial charge on any atom is 0.314 e. The predicted octanol–water partition coefficient (Wildman–Crippen LogP) is 2.95. The SMILES string of the molecule is COC(=O)C(C)(C)C(O)(c1ccccc1)[Si](C)(C)C. The van der Waals surface area contributed by atoms with Crippen molar-refractivity contribution in [3.63, 3.8) is 0 Å². The normalized spacial score (nSPS) is 15.7. The van der Waals surface area contributed by atoms with Crippen LogP contribution in [0.3, 0.4) is 0 Å². The van der Waals surface area contributed by atoms with E-state index >= 15 is 0 Å². The molecule has 0 heterocycles. The standard InChI is InChI=1S/C15H24O3Si/c1-14(2,13(16)18-3)15(17,19(4,5)6)12-10-8-7-9-11-12/h7-11,17H,1-6H3. The molecule has 0 bridgehead atoms. The molecule has 0 spiro atoms. The molecule has 3 nitrogen and oxygen atoms in total. The topological polar surface area (TPSA) is 46.5 Å². The van der Waals surface area contributed by atoms with Crippen LogP contribution in [0.4, 0.5) is 0 Å². The maximum atomic E-state index is 12.1. The Morgan fingerprint density at radius 2 is 1.63 bits per heavy atom. The lowest BCUT2D eigenvalue weighted by Gasteiger charge is -2.48. The second kappa shape index (κ2) is 5.10. The van der Waals surface area contributed by atoms with Crippen LogP contribution in [0.2, 0.25) is 19.6 Å². The van der Waals surface area contributed by atoms with Crippen LogP contribution in [-0.4, -0.2) is 26.3 Å². The van der Waals surface area contributed by atoms with Crippen molar-refractivity contribution in [1.29, 1.82) is 0 Å². The molecule has 0 aliphatic carbocycles. The van der Waals surface area contributed by atoms with Gasteiger partial charge in [0.2, 0.25) is 0 Å². The number of aliphatic hydroxyl groups is 1. The minimum absolute atomic E-state index is 0.388. The number of hydrogen-bond donors (Lipinski definition) is 1. The lowest BCUT2D eigenvalue weighted by molar-refractivity contribution is -0.162. The molecule has 0 aliphatic heterocycles. The van der Waals surface area contributed by atoms with E-state index < -0.39 is 18.7 Å². The summed E-state index contributed by atoms with van der Waals surface area (Å²) in [5, 5.41) is 10.2. The highest BCUT2D eigenvalue weighted by Crippen LogP contribution is 2.46. The van der Waals surface area contributed by atoms with Crippen LogP contribution in [0.15, 0.2) is 30.3 Å². The highest BCUT2D eigenvalue weighted by Gasteiger charge is 2.58. The molecule has 0 fully saturated rings. The zero-order valence-electron chi connectivity index (χ0n) is 12.7. The van der Waals surface area contributed by atoms with Crippen LogP contribution in [0, 0.1) is 5.41 Å². The lowest BCUT2D eigenvalue weighted by atomic mass is 9.81. The summed E-state index contributed by atoms with van der Waals surface area (Å²) in [5.74, 6) is -0.388. The molecule has 1 aromatic carbocycles. The van der Waals surface area contributed by atoms with Crippen molar-refractivity contribution in [2.24, 2.45) is 5.41 Å². The van der Waals surface area contributed by atoms with E-state index in [0.29, 0.717) is 0 Å². The number of methoxy groups -OCH3 is 1. The Kier molecular flexibility index (Phi) is 4.27. The van der Waals surface area contributed by atoms with Crippen molar-refractivity contribution in [3.8, 4) is 0 Å². The summed E-state index contributed by atoms with van der Waals surface area (Å²) in [6.45, 7) is 9.69. The van der Waals surface area contributed by atoms with Gasteiger partial charge in [0.25, 0.3) is 0 Å². The molecular formula is C15H24O3Si. The fourth-order valence-electron chi connectivity index (χ4n) is 2.81. The van der Waals surface area contributed by atoms with E-state index in [-0.39, 0.29) is 5.97 Å². The molecule has 0 amide bonds. The highest BCUT2D eigenvalue weighted by molar-refractivity contribution is 6.79. The van der Waals surface area contributed by atoms with Crippen LogP contribution in [0.5, 0.6) is 0 Å². The van der Waals surface area contributed by atoms with Crippen molar-refractivity contribution in [3.05, 3.63) is 35.9 Å². The zero-order valence-corrected chi connectivity index (χ0v) is 13.7. The maximum absolute atomic E-state index is 12.1. The van der Waals surface area contributed by atoms with Gasteiger partial charge in [0.05, 0.1) is 25.8 Å². The van der Waals surface area contributed by atoms with E-state index in [4.69, 9.17) is 4.74 Å². The molecule has 1 aromatic rings. The van der Waals surface area contributed by atoms with Gasteiger partial charge in [0, 0.05) is 0 Å². The summed E-state index contributed by atoms with van der Waals surface area (Å²) in [4.78, 5) is 12.1. The third-order valence-corrected chi connectivity index (χ3v) is 6.96. The molecule has 0 aromatic heterocycles. The van der Waals surface area contributed by atoms with Crippen molar-refractivity contribution < 1.29 is 14.6 Å². The van der Waals surface area contributed by atoms with Crippen molar-refractivity contribution in [1.82, 2.24) is 0 Å². The zero-order chi connectivity index (χ0) is 14.9. The molecule has 0 saturated heterocycles. The highest BCUT2D eigenvalue weighted by atomic mass is 28.3. The smallest absolute Gasteiger partial charge is 0.314 e. The molecule has 4 heteroatoms. The Labute approximate surface area is 116 Å². The van der Waals surface area contributed by atoms with Gasteiger partial charge in [-0.1, -0.05) is 50.0 Å². The molecule has 19 heavy (non-hydrogen) atoms. The quantitative estimate of drug-likeness (QED) is 0.681.